The molecule has 0 bridgehead atoms. The van der Waals surface area contributed by atoms with Crippen molar-refractivity contribution in [3.05, 3.63) is 12.2 Å². The van der Waals surface area contributed by atoms with Gasteiger partial charge in [0.05, 0.1) is 0 Å². The summed E-state index contributed by atoms with van der Waals surface area (Å²) < 4.78 is 4.96. The minimum Gasteiger partial charge on any atom is -0.461 e. The highest BCUT2D eigenvalue weighted by atomic mass is 35.5. The minimum atomic E-state index is -0.299. The Hall–Kier alpha value is -0.540. The van der Waals surface area contributed by atoms with Crippen LogP contribution >= 0.6 is 12.4 Å². The van der Waals surface area contributed by atoms with Crippen molar-refractivity contribution in [2.24, 2.45) is 0 Å². The van der Waals surface area contributed by atoms with Gasteiger partial charge < -0.3 is 9.64 Å². The molecule has 0 rings (SSSR count). The van der Waals surface area contributed by atoms with E-state index in [2.05, 4.69) is 25.3 Å². The Balaban J connectivity index is 0. The number of likely N-dealkylation sites (N-methyl/N-ethyl adjacent to an activating group) is 1. The lowest BCUT2D eigenvalue weighted by molar-refractivity contribution is -0.139. The lowest BCUT2D eigenvalue weighted by Gasteiger charge is -2.17. The molecule has 3 nitrogen and oxygen atoms in total. The van der Waals surface area contributed by atoms with E-state index in [0.29, 0.717) is 12.2 Å². The summed E-state index contributed by atoms with van der Waals surface area (Å²) in [6.45, 7) is 12.6. The molecular formula is C10H20ClNO2. The van der Waals surface area contributed by atoms with E-state index in [9.17, 15) is 4.79 Å². The molecule has 4 heteroatoms. The highest BCUT2D eigenvalue weighted by molar-refractivity contribution is 5.86. The first kappa shape index (κ1) is 15.9. The quantitative estimate of drug-likeness (QED) is 0.507. The fourth-order valence-electron chi connectivity index (χ4n) is 0.930. The number of rotatable bonds is 6. The van der Waals surface area contributed by atoms with Gasteiger partial charge in [-0.3, -0.25) is 0 Å². The zero-order valence-electron chi connectivity index (χ0n) is 9.21. The number of halogens is 1. The predicted octanol–water partition coefficient (Wildman–Crippen LogP) is 1.87. The molecule has 0 spiro atoms. The van der Waals surface area contributed by atoms with E-state index in [-0.39, 0.29) is 18.4 Å². The van der Waals surface area contributed by atoms with Crippen molar-refractivity contribution in [1.29, 1.82) is 0 Å². The lowest BCUT2D eigenvalue weighted by atomic mass is 10.4. The Morgan fingerprint density at radius 2 is 1.86 bits per heavy atom. The van der Waals surface area contributed by atoms with Crippen molar-refractivity contribution in [3.8, 4) is 0 Å². The number of esters is 1. The summed E-state index contributed by atoms with van der Waals surface area (Å²) in [5.74, 6) is -0.299. The van der Waals surface area contributed by atoms with Gasteiger partial charge in [0.15, 0.2) is 0 Å². The van der Waals surface area contributed by atoms with Crippen LogP contribution in [-0.4, -0.2) is 37.1 Å². The van der Waals surface area contributed by atoms with Crippen molar-refractivity contribution >= 4 is 18.4 Å². The van der Waals surface area contributed by atoms with Gasteiger partial charge in [0.1, 0.15) is 6.61 Å². The molecule has 0 radical (unpaired) electrons. The number of hydrogen-bond acceptors (Lipinski definition) is 3. The molecule has 0 heterocycles. The molecule has 0 fully saturated rings. The maximum Gasteiger partial charge on any atom is 0.333 e. The number of ether oxygens (including phenoxy) is 1. The van der Waals surface area contributed by atoms with Crippen LogP contribution in [0.3, 0.4) is 0 Å². The second-order valence-electron chi connectivity index (χ2n) is 2.94. The third-order valence-corrected chi connectivity index (χ3v) is 1.88. The topological polar surface area (TPSA) is 29.5 Å². The standard InChI is InChI=1S/C10H19NO2.ClH/c1-5-11(6-2)7-8-13-10(12)9(3)4;/h3,5-8H2,1-2,4H3;1H. The first-order chi connectivity index (χ1) is 6.11. The summed E-state index contributed by atoms with van der Waals surface area (Å²) in [6.07, 6.45) is 0. The van der Waals surface area contributed by atoms with Crippen molar-refractivity contribution in [3.63, 3.8) is 0 Å². The van der Waals surface area contributed by atoms with Crippen molar-refractivity contribution < 1.29 is 9.53 Å². The molecule has 0 saturated carbocycles. The van der Waals surface area contributed by atoms with Gasteiger partial charge in [-0.15, -0.1) is 12.4 Å². The first-order valence-electron chi connectivity index (χ1n) is 4.66. The molecule has 0 amide bonds. The lowest BCUT2D eigenvalue weighted by Crippen LogP contribution is -2.27. The van der Waals surface area contributed by atoms with Crippen LogP contribution in [0.2, 0.25) is 0 Å². The molecule has 0 N–H and O–H groups in total. The van der Waals surface area contributed by atoms with Gasteiger partial charge >= 0.3 is 5.97 Å². The molecule has 84 valence electrons. The molecule has 14 heavy (non-hydrogen) atoms. The van der Waals surface area contributed by atoms with Gasteiger partial charge in [0.25, 0.3) is 0 Å². The van der Waals surface area contributed by atoms with Gasteiger partial charge in [0.2, 0.25) is 0 Å². The fourth-order valence-corrected chi connectivity index (χ4v) is 0.930. The maximum atomic E-state index is 11.0. The predicted molar refractivity (Wildman–Crippen MR) is 60.8 cm³/mol. The van der Waals surface area contributed by atoms with Crippen LogP contribution in [0, 0.1) is 0 Å². The van der Waals surface area contributed by atoms with E-state index >= 15 is 0 Å². The number of carbonyl (C=O) groups is 1. The Kier molecular flexibility index (Phi) is 10.3. The summed E-state index contributed by atoms with van der Waals surface area (Å²) in [4.78, 5) is 13.2. The largest absolute Gasteiger partial charge is 0.461 e. The fraction of sp³-hybridized carbons (Fsp3) is 0.700. The van der Waals surface area contributed by atoms with Gasteiger partial charge in [-0.2, -0.15) is 0 Å². The second-order valence-corrected chi connectivity index (χ2v) is 2.94. The van der Waals surface area contributed by atoms with Crippen molar-refractivity contribution in [2.75, 3.05) is 26.2 Å². The Morgan fingerprint density at radius 3 is 2.21 bits per heavy atom. The second kappa shape index (κ2) is 9.03. The monoisotopic (exact) mass is 221 g/mol. The van der Waals surface area contributed by atoms with Gasteiger partial charge in [-0.25, -0.2) is 4.79 Å². The maximum absolute atomic E-state index is 11.0. The Bertz CT molecular complexity index is 179. The Labute approximate surface area is 92.5 Å². The number of hydrogen-bond donors (Lipinski definition) is 0. The van der Waals surface area contributed by atoms with E-state index in [0.717, 1.165) is 19.6 Å². The van der Waals surface area contributed by atoms with E-state index < -0.39 is 0 Å². The zero-order valence-corrected chi connectivity index (χ0v) is 10.0. The van der Waals surface area contributed by atoms with Crippen LogP contribution in [-0.2, 0) is 9.53 Å². The highest BCUT2D eigenvalue weighted by Gasteiger charge is 2.04. The van der Waals surface area contributed by atoms with Gasteiger partial charge in [-0.1, -0.05) is 20.4 Å². The van der Waals surface area contributed by atoms with Crippen LogP contribution in [0.5, 0.6) is 0 Å². The van der Waals surface area contributed by atoms with E-state index in [1.165, 1.54) is 0 Å². The van der Waals surface area contributed by atoms with E-state index in [1.54, 1.807) is 6.92 Å². The minimum absolute atomic E-state index is 0. The van der Waals surface area contributed by atoms with Crippen LogP contribution in [0.1, 0.15) is 20.8 Å². The first-order valence-corrected chi connectivity index (χ1v) is 4.66. The SMILES string of the molecule is C=C(C)C(=O)OCCN(CC)CC.Cl. The molecule has 0 aliphatic heterocycles. The van der Waals surface area contributed by atoms with Crippen LogP contribution in [0.25, 0.3) is 0 Å². The number of carbonyl (C=O) groups excluding carboxylic acids is 1. The molecule has 0 aromatic heterocycles. The number of nitrogens with zero attached hydrogens (tertiary/aromatic N) is 1. The van der Waals surface area contributed by atoms with E-state index in [1.807, 2.05) is 0 Å². The zero-order chi connectivity index (χ0) is 10.3. The molecular weight excluding hydrogens is 202 g/mol. The van der Waals surface area contributed by atoms with Crippen LogP contribution in [0.15, 0.2) is 12.2 Å². The van der Waals surface area contributed by atoms with Crippen LogP contribution in [0.4, 0.5) is 0 Å². The summed E-state index contributed by atoms with van der Waals surface area (Å²) in [6, 6.07) is 0. The molecule has 0 unspecified atom stereocenters. The smallest absolute Gasteiger partial charge is 0.333 e. The third-order valence-electron chi connectivity index (χ3n) is 1.88. The summed E-state index contributed by atoms with van der Waals surface area (Å²) in [5.41, 5.74) is 0.458. The van der Waals surface area contributed by atoms with Crippen molar-refractivity contribution in [1.82, 2.24) is 4.90 Å². The molecule has 0 aliphatic rings. The normalized spacial score (nSPS) is 9.43. The third kappa shape index (κ3) is 6.92. The summed E-state index contributed by atoms with van der Waals surface area (Å²) in [7, 11) is 0. The molecule has 0 aliphatic carbocycles. The highest BCUT2D eigenvalue weighted by Crippen LogP contribution is 1.93. The molecule has 0 atom stereocenters. The summed E-state index contributed by atoms with van der Waals surface area (Å²) >= 11 is 0. The van der Waals surface area contributed by atoms with Gasteiger partial charge in [0, 0.05) is 12.1 Å². The van der Waals surface area contributed by atoms with Gasteiger partial charge in [-0.05, 0) is 20.0 Å². The summed E-state index contributed by atoms with van der Waals surface area (Å²) in [5, 5.41) is 0. The average Bonchev–Trinajstić information content (AvgIpc) is 2.12. The average molecular weight is 222 g/mol. The Morgan fingerprint density at radius 1 is 1.36 bits per heavy atom. The van der Waals surface area contributed by atoms with E-state index in [4.69, 9.17) is 4.74 Å². The van der Waals surface area contributed by atoms with Crippen molar-refractivity contribution in [2.45, 2.75) is 20.8 Å². The molecule has 0 saturated heterocycles. The van der Waals surface area contributed by atoms with Crippen LogP contribution < -0.4 is 0 Å². The molecule has 0 aromatic carbocycles. The molecule has 0 aromatic rings.